The average molecular weight is 110 g/mol. The van der Waals surface area contributed by atoms with E-state index in [1.165, 1.54) is 24.8 Å². The highest BCUT2D eigenvalue weighted by Gasteiger charge is 2.42. The third-order valence-corrected chi connectivity index (χ3v) is 1.97. The zero-order valence-electron chi connectivity index (χ0n) is 4.89. The van der Waals surface area contributed by atoms with E-state index in [4.69, 9.17) is 4.74 Å². The maximum atomic E-state index is 5.29. The minimum atomic E-state index is 0.476. The van der Waals surface area contributed by atoms with Gasteiger partial charge in [-0.3, -0.25) is 0 Å². The Bertz CT molecular complexity index is 128. The van der Waals surface area contributed by atoms with Gasteiger partial charge in [-0.15, -0.1) is 0 Å². The Morgan fingerprint density at radius 2 is 2.50 bits per heavy atom. The van der Waals surface area contributed by atoms with Crippen LogP contribution in [-0.4, -0.2) is 12.2 Å². The molecule has 2 rings (SSSR count). The maximum Gasteiger partial charge on any atom is 0.105 e. The van der Waals surface area contributed by atoms with Crippen LogP contribution in [0, 0.1) is 0 Å². The molecular formula is C7H10O. The van der Waals surface area contributed by atoms with Crippen molar-refractivity contribution in [3.63, 3.8) is 0 Å². The fourth-order valence-electron chi connectivity index (χ4n) is 1.39. The maximum absolute atomic E-state index is 5.29. The van der Waals surface area contributed by atoms with Crippen LogP contribution in [-0.2, 0) is 4.74 Å². The zero-order chi connectivity index (χ0) is 5.56. The van der Waals surface area contributed by atoms with E-state index < -0.39 is 0 Å². The summed E-state index contributed by atoms with van der Waals surface area (Å²) in [7, 11) is 0. The van der Waals surface area contributed by atoms with Gasteiger partial charge in [-0.2, -0.15) is 0 Å². The lowest BCUT2D eigenvalue weighted by Crippen LogP contribution is -2.03. The van der Waals surface area contributed by atoms with Crippen molar-refractivity contribution in [1.29, 1.82) is 0 Å². The van der Waals surface area contributed by atoms with Crippen LogP contribution in [0.25, 0.3) is 0 Å². The predicted octanol–water partition coefficient (Wildman–Crippen LogP) is 1.49. The van der Waals surface area contributed by atoms with E-state index in [0.717, 1.165) is 0 Å². The van der Waals surface area contributed by atoms with Crippen LogP contribution in [0.15, 0.2) is 12.2 Å². The van der Waals surface area contributed by atoms with Gasteiger partial charge < -0.3 is 4.74 Å². The van der Waals surface area contributed by atoms with Gasteiger partial charge >= 0.3 is 0 Å². The molecule has 0 spiro atoms. The first-order valence-electron chi connectivity index (χ1n) is 3.21. The molecule has 8 heavy (non-hydrogen) atoms. The van der Waals surface area contributed by atoms with Gasteiger partial charge in [-0.1, -0.05) is 6.58 Å². The van der Waals surface area contributed by atoms with Crippen molar-refractivity contribution in [2.45, 2.75) is 31.5 Å². The predicted molar refractivity (Wildman–Crippen MR) is 31.7 cm³/mol. The second kappa shape index (κ2) is 1.35. The standard InChI is InChI=1S/C7H10O/c1-5-3-2-4-6-7(5)8-6/h6-7H,1-4H2/t6-,7+/m0/s1. The number of hydrogen-bond acceptors (Lipinski definition) is 1. The fourth-order valence-corrected chi connectivity index (χ4v) is 1.39. The molecule has 1 aliphatic heterocycles. The largest absolute Gasteiger partial charge is 0.365 e. The molecule has 2 aliphatic rings. The Kier molecular flexibility index (Phi) is 0.770. The van der Waals surface area contributed by atoms with Gasteiger partial charge in [0.25, 0.3) is 0 Å². The monoisotopic (exact) mass is 110 g/mol. The van der Waals surface area contributed by atoms with Gasteiger partial charge in [-0.05, 0) is 24.8 Å². The summed E-state index contributed by atoms with van der Waals surface area (Å²) in [5.74, 6) is 0. The van der Waals surface area contributed by atoms with Crippen molar-refractivity contribution in [3.8, 4) is 0 Å². The van der Waals surface area contributed by atoms with Gasteiger partial charge in [0.15, 0.2) is 0 Å². The van der Waals surface area contributed by atoms with E-state index in [1.54, 1.807) is 0 Å². The molecule has 0 unspecified atom stereocenters. The first-order valence-corrected chi connectivity index (χ1v) is 3.21. The van der Waals surface area contributed by atoms with Gasteiger partial charge in [0, 0.05) is 0 Å². The highest BCUT2D eigenvalue weighted by atomic mass is 16.6. The molecule has 0 aromatic carbocycles. The Hall–Kier alpha value is -0.300. The minimum Gasteiger partial charge on any atom is -0.365 e. The third kappa shape index (κ3) is 0.511. The summed E-state index contributed by atoms with van der Waals surface area (Å²) < 4.78 is 5.29. The van der Waals surface area contributed by atoms with Crippen molar-refractivity contribution in [2.75, 3.05) is 0 Å². The molecule has 1 heterocycles. The second-order valence-corrected chi connectivity index (χ2v) is 2.65. The summed E-state index contributed by atoms with van der Waals surface area (Å²) in [6, 6.07) is 0. The summed E-state index contributed by atoms with van der Waals surface area (Å²) in [6.45, 7) is 3.91. The SMILES string of the molecule is C=C1CCC[C@@H]2O[C@H]12. The summed E-state index contributed by atoms with van der Waals surface area (Å²) in [5, 5.41) is 0. The lowest BCUT2D eigenvalue weighted by Gasteiger charge is -2.05. The summed E-state index contributed by atoms with van der Waals surface area (Å²) in [5.41, 5.74) is 1.32. The molecule has 1 saturated carbocycles. The molecule has 1 aliphatic carbocycles. The first kappa shape index (κ1) is 4.57. The lowest BCUT2D eigenvalue weighted by molar-refractivity contribution is 0.384. The third-order valence-electron chi connectivity index (χ3n) is 1.97. The van der Waals surface area contributed by atoms with Crippen molar-refractivity contribution in [3.05, 3.63) is 12.2 Å². The smallest absolute Gasteiger partial charge is 0.105 e. The zero-order valence-corrected chi connectivity index (χ0v) is 4.89. The van der Waals surface area contributed by atoms with Crippen molar-refractivity contribution < 1.29 is 4.74 Å². The molecule has 0 aromatic rings. The molecule has 0 aromatic heterocycles. The number of hydrogen-bond donors (Lipinski definition) is 0. The van der Waals surface area contributed by atoms with Crippen LogP contribution in [0.5, 0.6) is 0 Å². The van der Waals surface area contributed by atoms with E-state index in [9.17, 15) is 0 Å². The van der Waals surface area contributed by atoms with Crippen LogP contribution in [0.3, 0.4) is 0 Å². The van der Waals surface area contributed by atoms with Crippen LogP contribution in [0.2, 0.25) is 0 Å². The van der Waals surface area contributed by atoms with Crippen molar-refractivity contribution in [2.24, 2.45) is 0 Å². The minimum absolute atomic E-state index is 0.476. The summed E-state index contributed by atoms with van der Waals surface area (Å²) >= 11 is 0. The quantitative estimate of drug-likeness (QED) is 0.340. The fraction of sp³-hybridized carbons (Fsp3) is 0.714. The van der Waals surface area contributed by atoms with E-state index in [1.807, 2.05) is 0 Å². The molecule has 1 nitrogen and oxygen atoms in total. The molecule has 44 valence electrons. The number of fused-ring (bicyclic) bond motifs is 1. The van der Waals surface area contributed by atoms with Crippen molar-refractivity contribution in [1.82, 2.24) is 0 Å². The van der Waals surface area contributed by atoms with Crippen LogP contribution in [0.1, 0.15) is 19.3 Å². The Morgan fingerprint density at radius 3 is 3.12 bits per heavy atom. The molecule has 0 N–H and O–H groups in total. The molecule has 0 bridgehead atoms. The van der Waals surface area contributed by atoms with Crippen LogP contribution < -0.4 is 0 Å². The molecule has 1 saturated heterocycles. The Labute approximate surface area is 49.3 Å². The molecular weight excluding hydrogens is 100 g/mol. The van der Waals surface area contributed by atoms with E-state index in [0.29, 0.717) is 12.2 Å². The second-order valence-electron chi connectivity index (χ2n) is 2.65. The van der Waals surface area contributed by atoms with Gasteiger partial charge in [0.2, 0.25) is 0 Å². The van der Waals surface area contributed by atoms with Crippen LogP contribution in [0.4, 0.5) is 0 Å². The molecule has 2 fully saturated rings. The topological polar surface area (TPSA) is 12.5 Å². The van der Waals surface area contributed by atoms with Crippen LogP contribution >= 0.6 is 0 Å². The molecule has 0 amide bonds. The van der Waals surface area contributed by atoms with Gasteiger partial charge in [0.1, 0.15) is 6.10 Å². The number of rotatable bonds is 0. The molecule has 0 radical (unpaired) electrons. The van der Waals surface area contributed by atoms with Crippen molar-refractivity contribution >= 4 is 0 Å². The average Bonchev–Trinajstić information content (AvgIpc) is 2.45. The summed E-state index contributed by atoms with van der Waals surface area (Å²) in [6.07, 6.45) is 4.81. The normalized spacial score (nSPS) is 43.8. The highest BCUT2D eigenvalue weighted by molar-refractivity contribution is 5.15. The summed E-state index contributed by atoms with van der Waals surface area (Å²) in [4.78, 5) is 0. The lowest BCUT2D eigenvalue weighted by atomic mass is 9.97. The van der Waals surface area contributed by atoms with Gasteiger partial charge in [-0.25, -0.2) is 0 Å². The Balaban J connectivity index is 2.08. The molecule has 2 atom stereocenters. The number of ether oxygens (including phenoxy) is 1. The Morgan fingerprint density at radius 1 is 1.62 bits per heavy atom. The number of epoxide rings is 1. The van der Waals surface area contributed by atoms with E-state index in [-0.39, 0.29) is 0 Å². The van der Waals surface area contributed by atoms with E-state index in [2.05, 4.69) is 6.58 Å². The van der Waals surface area contributed by atoms with Gasteiger partial charge in [0.05, 0.1) is 6.10 Å². The van der Waals surface area contributed by atoms with E-state index >= 15 is 0 Å². The molecule has 1 heteroatoms. The first-order chi connectivity index (χ1) is 3.88. The highest BCUT2D eigenvalue weighted by Crippen LogP contribution is 2.38.